The number of hydrogen-bond donors (Lipinski definition) is 0. The van der Waals surface area contributed by atoms with Gasteiger partial charge in [-0.05, 0) is 132 Å². The second-order valence-corrected chi connectivity index (χ2v) is 14.9. The standard InChI is InChI=1S/C54H33NO/c1-3-12-34(13-4-1)37-22-23-38-30-46-47-31-39-24-26-42(29-41(39)33-49(47)48(46)32-40(38)28-37)55(51-20-11-19-45-44-18-9-10-21-52(44)56-54(45)51)50-27-25-35-14-7-8-17-43(35)53(50)36-15-5-2-6-16-36/h1-33H. The van der Waals surface area contributed by atoms with Crippen LogP contribution in [0, 0.1) is 0 Å². The molecule has 10 aromatic carbocycles. The lowest BCUT2D eigenvalue weighted by Gasteiger charge is -2.30. The number of anilines is 3. The van der Waals surface area contributed by atoms with Crippen LogP contribution in [0.5, 0.6) is 0 Å². The Hall–Kier alpha value is -7.42. The van der Waals surface area contributed by atoms with Gasteiger partial charge in [-0.25, -0.2) is 0 Å². The van der Waals surface area contributed by atoms with Crippen LogP contribution in [0.25, 0.3) is 98.8 Å². The summed E-state index contributed by atoms with van der Waals surface area (Å²) in [7, 11) is 0. The molecular formula is C54H33NO. The molecule has 12 rings (SSSR count). The highest BCUT2D eigenvalue weighted by Crippen LogP contribution is 2.52. The summed E-state index contributed by atoms with van der Waals surface area (Å²) >= 11 is 0. The minimum absolute atomic E-state index is 0.869. The van der Waals surface area contributed by atoms with Gasteiger partial charge in [-0.3, -0.25) is 0 Å². The van der Waals surface area contributed by atoms with Gasteiger partial charge in [0.1, 0.15) is 5.58 Å². The average Bonchev–Trinajstić information content (AvgIpc) is 3.65. The fourth-order valence-electron chi connectivity index (χ4n) is 9.03. The summed E-state index contributed by atoms with van der Waals surface area (Å²) < 4.78 is 6.74. The molecule has 0 amide bonds. The maximum atomic E-state index is 6.74. The third-order valence-electron chi connectivity index (χ3n) is 11.7. The maximum Gasteiger partial charge on any atom is 0.159 e. The Labute approximate surface area is 324 Å². The Bertz CT molecular complexity index is 3360. The third-order valence-corrected chi connectivity index (χ3v) is 11.7. The van der Waals surface area contributed by atoms with Gasteiger partial charge in [-0.15, -0.1) is 0 Å². The van der Waals surface area contributed by atoms with Crippen molar-refractivity contribution in [2.75, 3.05) is 4.90 Å². The van der Waals surface area contributed by atoms with E-state index in [0.717, 1.165) is 39.0 Å². The second kappa shape index (κ2) is 12.0. The number of rotatable bonds is 5. The van der Waals surface area contributed by atoms with Gasteiger partial charge in [0.25, 0.3) is 0 Å². The lowest BCUT2D eigenvalue weighted by molar-refractivity contribution is 0.669. The molecule has 2 nitrogen and oxygen atoms in total. The lowest BCUT2D eigenvalue weighted by Crippen LogP contribution is -2.12. The van der Waals surface area contributed by atoms with Crippen LogP contribution in [0.2, 0.25) is 0 Å². The van der Waals surface area contributed by atoms with Gasteiger partial charge in [-0.1, -0.05) is 140 Å². The van der Waals surface area contributed by atoms with Crippen molar-refractivity contribution in [2.24, 2.45) is 0 Å². The highest BCUT2D eigenvalue weighted by Gasteiger charge is 2.26. The summed E-state index contributed by atoms with van der Waals surface area (Å²) in [5, 5.41) is 9.59. The van der Waals surface area contributed by atoms with E-state index < -0.39 is 0 Å². The first kappa shape index (κ1) is 31.0. The van der Waals surface area contributed by atoms with Crippen LogP contribution >= 0.6 is 0 Å². The zero-order valence-corrected chi connectivity index (χ0v) is 30.4. The van der Waals surface area contributed by atoms with Crippen LogP contribution in [-0.2, 0) is 0 Å². The first-order valence-electron chi connectivity index (χ1n) is 19.2. The molecule has 0 unspecified atom stereocenters. The van der Waals surface area contributed by atoms with E-state index in [0.29, 0.717) is 0 Å². The molecule has 0 atom stereocenters. The molecule has 0 radical (unpaired) electrons. The molecule has 0 bridgehead atoms. The summed E-state index contributed by atoms with van der Waals surface area (Å²) in [5.74, 6) is 0. The van der Waals surface area contributed by atoms with Crippen LogP contribution in [0.4, 0.5) is 17.1 Å². The quantitative estimate of drug-likeness (QED) is 0.177. The largest absolute Gasteiger partial charge is 0.454 e. The zero-order valence-electron chi connectivity index (χ0n) is 30.4. The van der Waals surface area contributed by atoms with E-state index in [2.05, 4.69) is 199 Å². The molecule has 0 fully saturated rings. The van der Waals surface area contributed by atoms with Gasteiger partial charge >= 0.3 is 0 Å². The second-order valence-electron chi connectivity index (χ2n) is 14.9. The fraction of sp³-hybridized carbons (Fsp3) is 0. The van der Waals surface area contributed by atoms with Crippen LogP contribution < -0.4 is 4.90 Å². The van der Waals surface area contributed by atoms with Crippen molar-refractivity contribution in [3.8, 4) is 44.5 Å². The van der Waals surface area contributed by atoms with Crippen LogP contribution in [0.15, 0.2) is 205 Å². The summed E-state index contributed by atoms with van der Waals surface area (Å²) in [4.78, 5) is 2.41. The first-order valence-corrected chi connectivity index (χ1v) is 19.2. The van der Waals surface area contributed by atoms with E-state index in [-0.39, 0.29) is 0 Å². The average molecular weight is 712 g/mol. The van der Waals surface area contributed by atoms with Crippen molar-refractivity contribution < 1.29 is 4.42 Å². The molecule has 1 aliphatic rings. The molecule has 11 aromatic rings. The number of furan rings is 1. The monoisotopic (exact) mass is 711 g/mol. The van der Waals surface area contributed by atoms with Gasteiger partial charge in [0.2, 0.25) is 0 Å². The molecule has 0 N–H and O–H groups in total. The van der Waals surface area contributed by atoms with Gasteiger partial charge < -0.3 is 9.32 Å². The smallest absolute Gasteiger partial charge is 0.159 e. The highest BCUT2D eigenvalue weighted by molar-refractivity contribution is 6.15. The Morgan fingerprint density at radius 1 is 0.321 bits per heavy atom. The van der Waals surface area contributed by atoms with E-state index in [1.54, 1.807) is 0 Å². The fourth-order valence-corrected chi connectivity index (χ4v) is 9.03. The number of para-hydroxylation sites is 2. The molecule has 0 aliphatic heterocycles. The molecule has 0 saturated heterocycles. The summed E-state index contributed by atoms with van der Waals surface area (Å²) in [6, 6.07) is 72.7. The topological polar surface area (TPSA) is 16.4 Å². The molecule has 56 heavy (non-hydrogen) atoms. The SMILES string of the molecule is c1ccc(-c2ccc3cc4c(cc3c2)-c2cc3cc(N(c5ccc6ccccc6c5-c5ccccc5)c5cccc6c5oc5ccccc56)ccc3cc2-4)cc1. The maximum absolute atomic E-state index is 6.74. The molecule has 260 valence electrons. The first-order chi connectivity index (χ1) is 27.7. The molecule has 2 heteroatoms. The predicted molar refractivity (Wildman–Crippen MR) is 236 cm³/mol. The van der Waals surface area contributed by atoms with Crippen molar-refractivity contribution >= 4 is 71.3 Å². The lowest BCUT2D eigenvalue weighted by atomic mass is 9.77. The van der Waals surface area contributed by atoms with Crippen molar-refractivity contribution in [1.29, 1.82) is 0 Å². The molecule has 1 heterocycles. The van der Waals surface area contributed by atoms with E-state index >= 15 is 0 Å². The minimum Gasteiger partial charge on any atom is -0.454 e. The molecular weight excluding hydrogens is 679 g/mol. The molecule has 1 aliphatic carbocycles. The Morgan fingerprint density at radius 2 is 0.911 bits per heavy atom. The van der Waals surface area contributed by atoms with Gasteiger partial charge in [0.15, 0.2) is 5.58 Å². The molecule has 0 saturated carbocycles. The van der Waals surface area contributed by atoms with Crippen molar-refractivity contribution in [3.63, 3.8) is 0 Å². The van der Waals surface area contributed by atoms with Crippen LogP contribution in [0.1, 0.15) is 0 Å². The number of hydrogen-bond acceptors (Lipinski definition) is 2. The van der Waals surface area contributed by atoms with E-state index in [9.17, 15) is 0 Å². The summed E-state index contributed by atoms with van der Waals surface area (Å²) in [5.41, 5.74) is 15.0. The number of nitrogens with zero attached hydrogens (tertiary/aromatic N) is 1. The minimum atomic E-state index is 0.869. The Morgan fingerprint density at radius 3 is 1.68 bits per heavy atom. The van der Waals surface area contributed by atoms with Gasteiger partial charge in [-0.2, -0.15) is 0 Å². The van der Waals surface area contributed by atoms with Crippen molar-refractivity contribution in [3.05, 3.63) is 200 Å². The van der Waals surface area contributed by atoms with E-state index in [1.165, 1.54) is 76.8 Å². The van der Waals surface area contributed by atoms with Crippen molar-refractivity contribution in [2.45, 2.75) is 0 Å². The van der Waals surface area contributed by atoms with E-state index in [4.69, 9.17) is 4.42 Å². The number of benzene rings is 10. The molecule has 1 aromatic heterocycles. The normalized spacial score (nSPS) is 11.9. The molecule has 0 spiro atoms. The number of fused-ring (bicyclic) bond motifs is 10. The summed E-state index contributed by atoms with van der Waals surface area (Å²) in [6.07, 6.45) is 0. The van der Waals surface area contributed by atoms with E-state index in [1.807, 2.05) is 6.07 Å². The predicted octanol–water partition coefficient (Wildman–Crippen LogP) is 15.5. The summed E-state index contributed by atoms with van der Waals surface area (Å²) in [6.45, 7) is 0. The zero-order chi connectivity index (χ0) is 36.7. The third kappa shape index (κ3) is 4.69. The van der Waals surface area contributed by atoms with Crippen molar-refractivity contribution in [1.82, 2.24) is 0 Å². The van der Waals surface area contributed by atoms with Gasteiger partial charge in [0, 0.05) is 22.0 Å². The van der Waals surface area contributed by atoms with Gasteiger partial charge in [0.05, 0.1) is 11.4 Å². The van der Waals surface area contributed by atoms with Crippen LogP contribution in [0.3, 0.4) is 0 Å². The Balaban J connectivity index is 1.07. The van der Waals surface area contributed by atoms with Crippen LogP contribution in [-0.4, -0.2) is 0 Å². The Kier molecular flexibility index (Phi) is 6.66. The highest BCUT2D eigenvalue weighted by atomic mass is 16.3.